The van der Waals surface area contributed by atoms with Gasteiger partial charge in [0.15, 0.2) is 5.79 Å². The molecule has 2 heterocycles. The van der Waals surface area contributed by atoms with Crippen LogP contribution in [-0.2, 0) is 20.6 Å². The van der Waals surface area contributed by atoms with Crippen LogP contribution >= 0.6 is 0 Å². The van der Waals surface area contributed by atoms with Gasteiger partial charge in [-0.15, -0.1) is 0 Å². The zero-order valence-corrected chi connectivity index (χ0v) is 15.2. The van der Waals surface area contributed by atoms with E-state index >= 15 is 0 Å². The normalized spacial score (nSPS) is 37.3. The van der Waals surface area contributed by atoms with E-state index in [1.165, 1.54) is 12.0 Å². The fourth-order valence-corrected chi connectivity index (χ4v) is 5.31. The van der Waals surface area contributed by atoms with Crippen LogP contribution in [0.2, 0.25) is 0 Å². The number of hydrogen-bond donors (Lipinski definition) is 0. The molecule has 3 fully saturated rings. The topological polar surface area (TPSA) is 27.7 Å². The van der Waals surface area contributed by atoms with E-state index in [1.807, 2.05) is 0 Å². The molecule has 1 aliphatic carbocycles. The summed E-state index contributed by atoms with van der Waals surface area (Å²) in [4.78, 5) is 0. The van der Waals surface area contributed by atoms with Crippen molar-refractivity contribution in [1.29, 1.82) is 0 Å². The van der Waals surface area contributed by atoms with Crippen LogP contribution in [0, 0.1) is 10.8 Å². The number of rotatable bonds is 2. The van der Waals surface area contributed by atoms with Crippen LogP contribution in [-0.4, -0.2) is 31.2 Å². The van der Waals surface area contributed by atoms with Gasteiger partial charge in [0, 0.05) is 11.8 Å². The fraction of sp³-hybridized carbons (Fsp3) is 0.714. The SMILES string of the molecule is CC1(C)[C@@H]2O[C@@H](Cc3ccccc3)CC[C@@]2(C)CCC12OCCO2. The zero-order valence-electron chi connectivity index (χ0n) is 15.2. The summed E-state index contributed by atoms with van der Waals surface area (Å²) in [6.45, 7) is 8.39. The first-order valence-corrected chi connectivity index (χ1v) is 9.43. The largest absolute Gasteiger partial charge is 0.373 e. The molecular weight excluding hydrogens is 300 g/mol. The first-order valence-electron chi connectivity index (χ1n) is 9.43. The molecule has 2 saturated heterocycles. The molecule has 0 bridgehead atoms. The van der Waals surface area contributed by atoms with Crippen LogP contribution in [0.5, 0.6) is 0 Å². The Kier molecular flexibility index (Phi) is 4.02. The molecule has 0 N–H and O–H groups in total. The highest BCUT2D eigenvalue weighted by Gasteiger charge is 2.63. The molecular formula is C21H30O3. The molecule has 3 aliphatic rings. The van der Waals surface area contributed by atoms with E-state index in [1.54, 1.807) is 0 Å². The van der Waals surface area contributed by atoms with Crippen molar-refractivity contribution in [3.63, 3.8) is 0 Å². The zero-order chi connectivity index (χ0) is 16.8. The Balaban J connectivity index is 1.56. The quantitative estimate of drug-likeness (QED) is 0.807. The summed E-state index contributed by atoms with van der Waals surface area (Å²) in [6.07, 6.45) is 5.96. The van der Waals surface area contributed by atoms with Gasteiger partial charge in [-0.1, -0.05) is 51.1 Å². The standard InChI is InChI=1S/C21H30O3/c1-19(2)18-20(3,11-12-21(19)22-13-14-23-21)10-9-17(24-18)15-16-7-5-4-6-8-16/h4-8,17-18H,9-15H2,1-3H3/t17-,18+,20+/m1/s1. The minimum absolute atomic E-state index is 0.133. The molecule has 0 radical (unpaired) electrons. The van der Waals surface area contributed by atoms with Gasteiger partial charge in [-0.05, 0) is 36.7 Å². The maximum atomic E-state index is 6.74. The lowest BCUT2D eigenvalue weighted by atomic mass is 9.56. The van der Waals surface area contributed by atoms with Gasteiger partial charge in [0.1, 0.15) is 0 Å². The molecule has 132 valence electrons. The smallest absolute Gasteiger partial charge is 0.176 e. The first-order chi connectivity index (χ1) is 11.5. The third kappa shape index (κ3) is 2.53. The van der Waals surface area contributed by atoms with E-state index in [-0.39, 0.29) is 16.9 Å². The van der Waals surface area contributed by atoms with Gasteiger partial charge in [-0.3, -0.25) is 0 Å². The highest BCUT2D eigenvalue weighted by atomic mass is 16.7. The molecule has 2 aliphatic heterocycles. The number of ether oxygens (including phenoxy) is 3. The van der Waals surface area contributed by atoms with Gasteiger partial charge in [-0.25, -0.2) is 0 Å². The Bertz CT molecular complexity index is 576. The van der Waals surface area contributed by atoms with Crippen molar-refractivity contribution in [3.8, 4) is 0 Å². The van der Waals surface area contributed by atoms with Gasteiger partial charge >= 0.3 is 0 Å². The molecule has 24 heavy (non-hydrogen) atoms. The summed E-state index contributed by atoms with van der Waals surface area (Å²) in [5.74, 6) is -0.453. The monoisotopic (exact) mass is 330 g/mol. The van der Waals surface area contributed by atoms with Gasteiger partial charge < -0.3 is 14.2 Å². The Hall–Kier alpha value is -0.900. The van der Waals surface area contributed by atoms with Crippen LogP contribution in [0.15, 0.2) is 30.3 Å². The van der Waals surface area contributed by atoms with Crippen LogP contribution in [0.3, 0.4) is 0 Å². The minimum Gasteiger partial charge on any atom is -0.373 e. The molecule has 3 atom stereocenters. The molecule has 1 aromatic rings. The molecule has 1 aromatic carbocycles. The molecule has 0 aromatic heterocycles. The van der Waals surface area contributed by atoms with Crippen LogP contribution < -0.4 is 0 Å². The number of benzene rings is 1. The van der Waals surface area contributed by atoms with Crippen molar-refractivity contribution in [3.05, 3.63) is 35.9 Å². The molecule has 1 spiro atoms. The molecule has 4 rings (SSSR count). The summed E-state index contributed by atoms with van der Waals surface area (Å²) >= 11 is 0. The lowest BCUT2D eigenvalue weighted by Gasteiger charge is -2.60. The maximum Gasteiger partial charge on any atom is 0.176 e. The Morgan fingerprint density at radius 1 is 0.958 bits per heavy atom. The second-order valence-corrected chi connectivity index (χ2v) is 8.69. The Morgan fingerprint density at radius 2 is 1.67 bits per heavy atom. The van der Waals surface area contributed by atoms with Crippen LogP contribution in [0.25, 0.3) is 0 Å². The van der Waals surface area contributed by atoms with Crippen molar-refractivity contribution in [2.75, 3.05) is 13.2 Å². The third-order valence-corrected chi connectivity index (χ3v) is 6.72. The molecule has 0 amide bonds. The van der Waals surface area contributed by atoms with Crippen LogP contribution in [0.4, 0.5) is 0 Å². The summed E-state index contributed by atoms with van der Waals surface area (Å²) in [6, 6.07) is 10.7. The second kappa shape index (κ2) is 5.82. The Morgan fingerprint density at radius 3 is 2.38 bits per heavy atom. The average molecular weight is 330 g/mol. The summed E-state index contributed by atoms with van der Waals surface area (Å²) in [5, 5.41) is 0. The molecule has 3 nitrogen and oxygen atoms in total. The van der Waals surface area contributed by atoms with E-state index < -0.39 is 5.79 Å². The highest BCUT2D eigenvalue weighted by molar-refractivity contribution is 5.16. The molecule has 0 unspecified atom stereocenters. The van der Waals surface area contributed by atoms with E-state index in [4.69, 9.17) is 14.2 Å². The van der Waals surface area contributed by atoms with Gasteiger partial charge in [0.05, 0.1) is 25.4 Å². The van der Waals surface area contributed by atoms with Crippen molar-refractivity contribution in [1.82, 2.24) is 0 Å². The van der Waals surface area contributed by atoms with Crippen molar-refractivity contribution in [2.45, 2.75) is 70.9 Å². The maximum absolute atomic E-state index is 6.74. The summed E-state index contributed by atoms with van der Waals surface area (Å²) in [7, 11) is 0. The van der Waals surface area contributed by atoms with E-state index in [0.717, 1.165) is 25.7 Å². The first kappa shape index (κ1) is 16.6. The summed E-state index contributed by atoms with van der Waals surface area (Å²) < 4.78 is 19.0. The molecule has 1 saturated carbocycles. The highest BCUT2D eigenvalue weighted by Crippen LogP contribution is 2.59. The lowest BCUT2D eigenvalue weighted by Crippen LogP contribution is -2.64. The lowest BCUT2D eigenvalue weighted by molar-refractivity contribution is -0.321. The number of hydrogen-bond acceptors (Lipinski definition) is 3. The van der Waals surface area contributed by atoms with E-state index in [2.05, 4.69) is 51.1 Å². The Labute approximate surface area is 145 Å². The van der Waals surface area contributed by atoms with Crippen LogP contribution in [0.1, 0.15) is 52.0 Å². The minimum atomic E-state index is -0.453. The predicted molar refractivity (Wildman–Crippen MR) is 93.8 cm³/mol. The second-order valence-electron chi connectivity index (χ2n) is 8.69. The average Bonchev–Trinajstić information content (AvgIpc) is 3.05. The van der Waals surface area contributed by atoms with Crippen molar-refractivity contribution >= 4 is 0 Å². The number of fused-ring (bicyclic) bond motifs is 1. The van der Waals surface area contributed by atoms with Gasteiger partial charge in [-0.2, -0.15) is 0 Å². The van der Waals surface area contributed by atoms with Gasteiger partial charge in [0.2, 0.25) is 0 Å². The van der Waals surface area contributed by atoms with Crippen molar-refractivity contribution < 1.29 is 14.2 Å². The summed E-state index contributed by atoms with van der Waals surface area (Å²) in [5.41, 5.74) is 1.46. The van der Waals surface area contributed by atoms with E-state index in [0.29, 0.717) is 19.3 Å². The van der Waals surface area contributed by atoms with Gasteiger partial charge in [0.25, 0.3) is 0 Å². The molecule has 3 heteroatoms. The van der Waals surface area contributed by atoms with Crippen molar-refractivity contribution in [2.24, 2.45) is 10.8 Å². The predicted octanol–water partition coefficient (Wildman–Crippen LogP) is 4.35. The third-order valence-electron chi connectivity index (χ3n) is 6.72. The van der Waals surface area contributed by atoms with E-state index in [9.17, 15) is 0 Å². The fourth-order valence-electron chi connectivity index (χ4n) is 5.31.